The van der Waals surface area contributed by atoms with Crippen LogP contribution >= 0.6 is 0 Å². The molecule has 2 aliphatic heterocycles. The lowest BCUT2D eigenvalue weighted by Gasteiger charge is -2.36. The smallest absolute Gasteiger partial charge is 0.293 e. The average Bonchev–Trinajstić information content (AvgIpc) is 2.67. The summed E-state index contributed by atoms with van der Waals surface area (Å²) in [7, 11) is -4.01. The monoisotopic (exact) mass is 396 g/mol. The van der Waals surface area contributed by atoms with E-state index in [0.29, 0.717) is 31.6 Å². The summed E-state index contributed by atoms with van der Waals surface area (Å²) in [5.74, 6) is 0.135. The molecule has 2 saturated heterocycles. The molecule has 10 heteroatoms. The molecule has 2 aliphatic rings. The van der Waals surface area contributed by atoms with Crippen molar-refractivity contribution in [3.05, 3.63) is 28.3 Å². The van der Waals surface area contributed by atoms with E-state index in [1.807, 2.05) is 9.80 Å². The molecule has 0 saturated carbocycles. The van der Waals surface area contributed by atoms with Gasteiger partial charge in [-0.2, -0.15) is 0 Å². The molecule has 2 fully saturated rings. The Kier molecular flexibility index (Phi) is 5.66. The van der Waals surface area contributed by atoms with Gasteiger partial charge in [0, 0.05) is 38.2 Å². The number of nitrogens with zero attached hydrogens (tertiary/aromatic N) is 3. The van der Waals surface area contributed by atoms with E-state index in [1.165, 1.54) is 18.6 Å². The molecule has 0 bridgehead atoms. The first-order valence-electron chi connectivity index (χ1n) is 9.12. The highest BCUT2D eigenvalue weighted by molar-refractivity contribution is 7.89. The largest absolute Gasteiger partial charge is 0.366 e. The quantitative estimate of drug-likeness (QED) is 0.606. The molecule has 3 rings (SSSR count). The lowest BCUT2D eigenvalue weighted by Crippen LogP contribution is -2.44. The fourth-order valence-electron chi connectivity index (χ4n) is 3.83. The summed E-state index contributed by atoms with van der Waals surface area (Å²) in [6.07, 6.45) is 4.52. The van der Waals surface area contributed by atoms with Gasteiger partial charge in [-0.1, -0.05) is 0 Å². The van der Waals surface area contributed by atoms with Crippen LogP contribution < -0.4 is 10.0 Å². The zero-order valence-electron chi connectivity index (χ0n) is 15.0. The minimum Gasteiger partial charge on any atom is -0.366 e. The first-order chi connectivity index (χ1) is 12.8. The predicted molar refractivity (Wildman–Crippen MR) is 99.8 cm³/mol. The Morgan fingerprint density at radius 1 is 1.11 bits per heavy atom. The Morgan fingerprint density at radius 3 is 2.30 bits per heavy atom. The van der Waals surface area contributed by atoms with E-state index >= 15 is 0 Å². The fraction of sp³-hybridized carbons (Fsp3) is 0.588. The lowest BCUT2D eigenvalue weighted by atomic mass is 9.94. The van der Waals surface area contributed by atoms with Crippen molar-refractivity contribution in [2.24, 2.45) is 11.1 Å². The van der Waals surface area contributed by atoms with Crippen LogP contribution in [0.2, 0.25) is 0 Å². The number of rotatable bonds is 4. The van der Waals surface area contributed by atoms with E-state index in [-0.39, 0.29) is 22.4 Å². The van der Waals surface area contributed by atoms with Crippen molar-refractivity contribution in [3.63, 3.8) is 0 Å². The third-order valence-electron chi connectivity index (χ3n) is 5.32. The number of anilines is 1. The molecule has 0 unspecified atom stereocenters. The highest BCUT2D eigenvalue weighted by atomic mass is 32.2. The van der Waals surface area contributed by atoms with Crippen LogP contribution in [0.25, 0.3) is 0 Å². The van der Waals surface area contributed by atoms with Crippen molar-refractivity contribution in [1.82, 2.24) is 4.90 Å². The summed E-state index contributed by atoms with van der Waals surface area (Å²) < 4.78 is 22.9. The number of nitro groups is 1. The number of likely N-dealkylation sites (tertiary alicyclic amines) is 1. The van der Waals surface area contributed by atoms with Gasteiger partial charge in [-0.25, -0.2) is 13.6 Å². The van der Waals surface area contributed by atoms with Crippen LogP contribution in [-0.2, 0) is 14.8 Å². The predicted octanol–water partition coefficient (Wildman–Crippen LogP) is 1.47. The van der Waals surface area contributed by atoms with Crippen LogP contribution in [0.15, 0.2) is 23.1 Å². The molecule has 0 aliphatic carbocycles. The number of nitro benzene ring substituents is 1. The molecule has 0 spiro atoms. The second-order valence-electron chi connectivity index (χ2n) is 7.10. The molecule has 1 aromatic rings. The van der Waals surface area contributed by atoms with Crippen molar-refractivity contribution >= 4 is 27.3 Å². The van der Waals surface area contributed by atoms with Crippen LogP contribution in [0.4, 0.5) is 11.4 Å². The fourth-order valence-corrected chi connectivity index (χ4v) is 4.37. The Balaban J connectivity index is 1.72. The molecule has 9 nitrogen and oxygen atoms in total. The molecule has 148 valence electrons. The molecule has 2 N–H and O–H groups in total. The second-order valence-corrected chi connectivity index (χ2v) is 8.66. The Bertz CT molecular complexity index is 828. The van der Waals surface area contributed by atoms with Gasteiger partial charge in [0.15, 0.2) is 0 Å². The number of piperidine rings is 2. The van der Waals surface area contributed by atoms with Gasteiger partial charge in [-0.05, 0) is 44.2 Å². The summed E-state index contributed by atoms with van der Waals surface area (Å²) in [5, 5.41) is 16.5. The van der Waals surface area contributed by atoms with Crippen molar-refractivity contribution in [2.75, 3.05) is 31.1 Å². The maximum atomic E-state index is 12.6. The number of sulfonamides is 1. The lowest BCUT2D eigenvalue weighted by molar-refractivity contribution is -0.384. The van der Waals surface area contributed by atoms with Gasteiger partial charge in [0.1, 0.15) is 5.69 Å². The van der Waals surface area contributed by atoms with E-state index in [2.05, 4.69) is 0 Å². The SMILES string of the molecule is NS(=O)(=O)c1ccc(N2CCC(C(=O)N3CCCCC3)CC2)c([N+](=O)[O-])c1. The van der Waals surface area contributed by atoms with E-state index < -0.39 is 14.9 Å². The van der Waals surface area contributed by atoms with Crippen molar-refractivity contribution in [1.29, 1.82) is 0 Å². The van der Waals surface area contributed by atoms with Gasteiger partial charge in [-0.15, -0.1) is 0 Å². The van der Waals surface area contributed by atoms with Gasteiger partial charge in [-0.3, -0.25) is 14.9 Å². The normalized spacial score (nSPS) is 19.1. The first kappa shape index (κ1) is 19.6. The minimum atomic E-state index is -4.01. The van der Waals surface area contributed by atoms with Crippen LogP contribution in [-0.4, -0.2) is 50.3 Å². The van der Waals surface area contributed by atoms with Crippen LogP contribution in [0, 0.1) is 16.0 Å². The molecule has 1 amide bonds. The maximum Gasteiger partial charge on any atom is 0.293 e. The highest BCUT2D eigenvalue weighted by Crippen LogP contribution is 2.33. The van der Waals surface area contributed by atoms with E-state index in [9.17, 15) is 23.3 Å². The summed E-state index contributed by atoms with van der Waals surface area (Å²) in [5.41, 5.74) is 0.0682. The average molecular weight is 396 g/mol. The Morgan fingerprint density at radius 2 is 1.74 bits per heavy atom. The summed E-state index contributed by atoms with van der Waals surface area (Å²) in [6.45, 7) is 2.67. The van der Waals surface area contributed by atoms with Gasteiger partial charge in [0.05, 0.1) is 9.82 Å². The minimum absolute atomic E-state index is 0.0536. The van der Waals surface area contributed by atoms with E-state index in [0.717, 1.165) is 32.0 Å². The molecular formula is C17H24N4O5S. The number of hydrogen-bond donors (Lipinski definition) is 1. The number of primary sulfonamides is 1. The van der Waals surface area contributed by atoms with Crippen LogP contribution in [0.1, 0.15) is 32.1 Å². The van der Waals surface area contributed by atoms with E-state index in [1.54, 1.807) is 0 Å². The van der Waals surface area contributed by atoms with Crippen LogP contribution in [0.3, 0.4) is 0 Å². The molecule has 0 aromatic heterocycles. The summed E-state index contributed by atoms with van der Waals surface area (Å²) in [4.78, 5) is 26.9. The molecule has 0 atom stereocenters. The number of benzene rings is 1. The number of amides is 1. The third kappa shape index (κ3) is 4.38. The maximum absolute atomic E-state index is 12.6. The standard InChI is InChI=1S/C17H24N4O5S/c18-27(25,26)14-4-5-15(16(12-14)21(23)24)19-10-6-13(7-11-19)17(22)20-8-2-1-3-9-20/h4-5,12-13H,1-3,6-11H2,(H2,18,25,26). The number of nitrogens with two attached hydrogens (primary N) is 1. The topological polar surface area (TPSA) is 127 Å². The van der Waals surface area contributed by atoms with Crippen molar-refractivity contribution in [3.8, 4) is 0 Å². The second kappa shape index (κ2) is 7.81. The number of carbonyl (C=O) groups excluding carboxylic acids is 1. The van der Waals surface area contributed by atoms with Gasteiger partial charge >= 0.3 is 0 Å². The van der Waals surface area contributed by atoms with Gasteiger partial charge < -0.3 is 9.80 Å². The zero-order valence-corrected chi connectivity index (χ0v) is 15.9. The Labute approximate surface area is 158 Å². The Hall–Kier alpha value is -2.20. The number of carbonyl (C=O) groups is 1. The van der Waals surface area contributed by atoms with Crippen molar-refractivity contribution < 1.29 is 18.1 Å². The number of hydrogen-bond acceptors (Lipinski definition) is 6. The van der Waals surface area contributed by atoms with Crippen molar-refractivity contribution in [2.45, 2.75) is 37.0 Å². The van der Waals surface area contributed by atoms with Crippen LogP contribution in [0.5, 0.6) is 0 Å². The molecule has 27 heavy (non-hydrogen) atoms. The highest BCUT2D eigenvalue weighted by Gasteiger charge is 2.31. The summed E-state index contributed by atoms with van der Waals surface area (Å²) >= 11 is 0. The van der Waals surface area contributed by atoms with E-state index in [4.69, 9.17) is 5.14 Å². The summed E-state index contributed by atoms with van der Waals surface area (Å²) in [6, 6.07) is 3.70. The van der Waals surface area contributed by atoms with Gasteiger partial charge in [0.25, 0.3) is 5.69 Å². The molecule has 1 aromatic carbocycles. The van der Waals surface area contributed by atoms with Gasteiger partial charge in [0.2, 0.25) is 15.9 Å². The molecular weight excluding hydrogens is 372 g/mol. The first-order valence-corrected chi connectivity index (χ1v) is 10.7. The molecule has 2 heterocycles. The zero-order chi connectivity index (χ0) is 19.6. The molecule has 0 radical (unpaired) electrons. The third-order valence-corrected chi connectivity index (χ3v) is 6.24.